The molecule has 0 aromatic heterocycles. The van der Waals surface area contributed by atoms with Crippen molar-refractivity contribution < 1.29 is 5.11 Å². The Kier molecular flexibility index (Phi) is 1.47. The van der Waals surface area contributed by atoms with Gasteiger partial charge in [0, 0.05) is 0 Å². The number of anilines is 1. The molecule has 1 aromatic rings. The predicted octanol–water partition coefficient (Wildman–Crippen LogP) is 2.24. The molecule has 0 saturated heterocycles. The van der Waals surface area contributed by atoms with Crippen LogP contribution in [0, 0.1) is 0 Å². The molecule has 3 nitrogen and oxygen atoms in total. The highest BCUT2D eigenvalue weighted by atomic mass is 32.2. The molecule has 1 aliphatic rings. The molecule has 11 heavy (non-hydrogen) atoms. The van der Waals surface area contributed by atoms with Crippen molar-refractivity contribution in [2.75, 3.05) is 4.72 Å². The van der Waals surface area contributed by atoms with E-state index in [0.29, 0.717) is 5.56 Å². The number of rotatable bonds is 0. The molecule has 1 aliphatic heterocycles. The molecule has 4 heteroatoms. The second-order valence-electron chi connectivity index (χ2n) is 2.15. The maximum atomic E-state index is 11.1. The third-order valence-electron chi connectivity index (χ3n) is 1.46. The minimum Gasteiger partial charge on any atom is -0.310 e. The van der Waals surface area contributed by atoms with Crippen molar-refractivity contribution in [3.8, 4) is 5.75 Å². The van der Waals surface area contributed by atoms with E-state index in [1.807, 2.05) is 6.07 Å². The van der Waals surface area contributed by atoms with E-state index < -0.39 is 0 Å². The van der Waals surface area contributed by atoms with Crippen molar-refractivity contribution in [1.82, 2.24) is 0 Å². The minimum atomic E-state index is 0.0130. The van der Waals surface area contributed by atoms with Crippen LogP contribution in [0.1, 0.15) is 5.56 Å². The fourth-order valence-electron chi connectivity index (χ4n) is 0.921. The van der Waals surface area contributed by atoms with Gasteiger partial charge in [-0.15, -0.1) is 0 Å². The summed E-state index contributed by atoms with van der Waals surface area (Å²) < 4.78 is 6.78. The van der Waals surface area contributed by atoms with Crippen molar-refractivity contribution in [2.45, 2.75) is 0 Å². The van der Waals surface area contributed by atoms with Crippen LogP contribution in [0.4, 0.5) is 5.69 Å². The summed E-state index contributed by atoms with van der Waals surface area (Å²) in [4.78, 5) is 0. The van der Waals surface area contributed by atoms with E-state index in [2.05, 4.69) is 9.12 Å². The summed E-state index contributed by atoms with van der Waals surface area (Å²) in [6.45, 7) is 0. The average molecular weight is 165 g/mol. The Balaban J connectivity index is 2.60. The molecule has 0 spiro atoms. The zero-order valence-electron chi connectivity index (χ0n) is 5.57. The fourth-order valence-corrected chi connectivity index (χ4v) is 1.41. The molecule has 0 amide bonds. The molecule has 0 aliphatic carbocycles. The van der Waals surface area contributed by atoms with Gasteiger partial charge in [0.25, 0.3) is 0 Å². The summed E-state index contributed by atoms with van der Waals surface area (Å²) in [7, 11) is 0. The Morgan fingerprint density at radius 3 is 3.18 bits per heavy atom. The minimum absolute atomic E-state index is 0.0130. The zero-order chi connectivity index (χ0) is 7.68. The van der Waals surface area contributed by atoms with Crippen LogP contribution >= 0.6 is 12.1 Å². The van der Waals surface area contributed by atoms with Gasteiger partial charge in [-0.25, -0.2) is 4.40 Å². The topological polar surface area (TPSA) is 44.3 Å². The van der Waals surface area contributed by atoms with Gasteiger partial charge >= 0.3 is 0 Å². The number of nitrogens with zero attached hydrogens (tertiary/aromatic N) is 1. The van der Waals surface area contributed by atoms with Crippen LogP contribution in [-0.2, 0) is 5.11 Å². The second-order valence-corrected chi connectivity index (χ2v) is 2.74. The van der Waals surface area contributed by atoms with Crippen molar-refractivity contribution >= 4 is 24.0 Å². The normalized spacial score (nSPS) is 13.8. The Bertz CT molecular complexity index is 311. The summed E-state index contributed by atoms with van der Waals surface area (Å²) >= 11 is 1.23. The largest absolute Gasteiger partial charge is 0.310 e. The summed E-state index contributed by atoms with van der Waals surface area (Å²) in [5, 5.41) is 11.1. The van der Waals surface area contributed by atoms with Gasteiger partial charge in [0.05, 0.1) is 29.6 Å². The Morgan fingerprint density at radius 2 is 2.36 bits per heavy atom. The number of benzene rings is 1. The predicted molar refractivity (Wildman–Crippen MR) is 45.4 cm³/mol. The molecule has 55 valence electrons. The zero-order valence-corrected chi connectivity index (χ0v) is 6.39. The summed E-state index contributed by atoms with van der Waals surface area (Å²) in [5.41, 5.74) is 1.49. The smallest absolute Gasteiger partial charge is 0.189 e. The first-order chi connectivity index (χ1) is 5.38. The van der Waals surface area contributed by atoms with E-state index in [1.54, 1.807) is 12.3 Å². The first kappa shape index (κ1) is 6.54. The standard InChI is InChI=1S/C7H5N2OS/c10-7-3-1-2-6-5(7)4-8-11-9-6/h1-4,9H. The van der Waals surface area contributed by atoms with Crippen LogP contribution in [0.25, 0.3) is 0 Å². The molecular formula is C7H5N2OS. The number of nitrogens with one attached hydrogen (secondary N) is 1. The second kappa shape index (κ2) is 2.47. The van der Waals surface area contributed by atoms with E-state index in [4.69, 9.17) is 0 Å². The van der Waals surface area contributed by atoms with E-state index >= 15 is 0 Å². The Labute approximate surface area is 68.4 Å². The maximum absolute atomic E-state index is 11.1. The number of hydrogen-bond acceptors (Lipinski definition) is 3. The van der Waals surface area contributed by atoms with Crippen LogP contribution in [0.15, 0.2) is 22.6 Å². The molecule has 0 bridgehead atoms. The van der Waals surface area contributed by atoms with Crippen molar-refractivity contribution in [2.24, 2.45) is 4.40 Å². The van der Waals surface area contributed by atoms with E-state index in [0.717, 1.165) is 5.69 Å². The van der Waals surface area contributed by atoms with Crippen molar-refractivity contribution in [1.29, 1.82) is 0 Å². The lowest BCUT2D eigenvalue weighted by molar-refractivity contribution is 0.354. The van der Waals surface area contributed by atoms with Crippen LogP contribution in [0.5, 0.6) is 5.75 Å². The lowest BCUT2D eigenvalue weighted by Crippen LogP contribution is -1.96. The van der Waals surface area contributed by atoms with Crippen LogP contribution in [0.3, 0.4) is 0 Å². The van der Waals surface area contributed by atoms with Gasteiger partial charge in [-0.3, -0.25) is 5.11 Å². The van der Waals surface area contributed by atoms with Gasteiger partial charge in [-0.2, -0.15) is 0 Å². The molecule has 1 radical (unpaired) electrons. The molecule has 0 unspecified atom stereocenters. The van der Waals surface area contributed by atoms with Gasteiger partial charge in [0.15, 0.2) is 5.75 Å². The molecule has 2 rings (SSSR count). The van der Waals surface area contributed by atoms with E-state index in [1.165, 1.54) is 18.2 Å². The molecule has 1 aromatic carbocycles. The Morgan fingerprint density at radius 1 is 1.45 bits per heavy atom. The molecule has 0 saturated carbocycles. The van der Waals surface area contributed by atoms with Gasteiger partial charge in [0.2, 0.25) is 0 Å². The summed E-state index contributed by atoms with van der Waals surface area (Å²) in [5.74, 6) is 0.0130. The molecule has 0 fully saturated rings. The SMILES string of the molecule is [O]c1cccc2c1C=NSN2. The fraction of sp³-hybridized carbons (Fsp3) is 0. The van der Waals surface area contributed by atoms with Crippen LogP contribution in [0.2, 0.25) is 0 Å². The van der Waals surface area contributed by atoms with E-state index in [9.17, 15) is 5.11 Å². The van der Waals surface area contributed by atoms with Gasteiger partial charge in [-0.1, -0.05) is 6.07 Å². The van der Waals surface area contributed by atoms with Crippen LogP contribution in [-0.4, -0.2) is 6.21 Å². The third kappa shape index (κ3) is 1.05. The quantitative estimate of drug-likeness (QED) is 0.599. The van der Waals surface area contributed by atoms with Gasteiger partial charge in [0.1, 0.15) is 0 Å². The lowest BCUT2D eigenvalue weighted by Gasteiger charge is -2.09. The first-order valence-corrected chi connectivity index (χ1v) is 3.91. The van der Waals surface area contributed by atoms with E-state index in [-0.39, 0.29) is 5.75 Å². The van der Waals surface area contributed by atoms with Gasteiger partial charge in [-0.05, 0) is 12.1 Å². The van der Waals surface area contributed by atoms with Gasteiger partial charge < -0.3 is 4.72 Å². The molecule has 1 N–H and O–H groups in total. The van der Waals surface area contributed by atoms with Crippen molar-refractivity contribution in [3.63, 3.8) is 0 Å². The number of fused-ring (bicyclic) bond motifs is 1. The lowest BCUT2D eigenvalue weighted by atomic mass is 10.2. The third-order valence-corrected chi connectivity index (χ3v) is 1.98. The first-order valence-electron chi connectivity index (χ1n) is 3.13. The highest BCUT2D eigenvalue weighted by Crippen LogP contribution is 2.29. The molecular weight excluding hydrogens is 160 g/mol. The van der Waals surface area contributed by atoms with Crippen LogP contribution < -0.4 is 4.72 Å². The average Bonchev–Trinajstić information content (AvgIpc) is 2.06. The summed E-state index contributed by atoms with van der Waals surface area (Å²) in [6, 6.07) is 5.12. The Hall–Kier alpha value is -1.16. The highest BCUT2D eigenvalue weighted by molar-refractivity contribution is 7.99. The maximum Gasteiger partial charge on any atom is 0.189 e. The highest BCUT2D eigenvalue weighted by Gasteiger charge is 2.09. The molecule has 0 atom stereocenters. The monoisotopic (exact) mass is 165 g/mol. The van der Waals surface area contributed by atoms with Crippen molar-refractivity contribution in [3.05, 3.63) is 23.8 Å². The molecule has 1 heterocycles. The summed E-state index contributed by atoms with van der Waals surface area (Å²) in [6.07, 6.45) is 1.58. The number of hydrogen-bond donors (Lipinski definition) is 1.